The lowest BCUT2D eigenvalue weighted by Gasteiger charge is -2.14. The Morgan fingerprint density at radius 1 is 1.44 bits per heavy atom. The van der Waals surface area contributed by atoms with Crippen LogP contribution in [-0.2, 0) is 4.74 Å². The third-order valence-electron chi connectivity index (χ3n) is 2.46. The molecule has 0 amide bonds. The first kappa shape index (κ1) is 12.7. The van der Waals surface area contributed by atoms with E-state index >= 15 is 0 Å². The van der Waals surface area contributed by atoms with Crippen molar-refractivity contribution in [2.24, 2.45) is 11.7 Å². The van der Waals surface area contributed by atoms with Gasteiger partial charge in [0.15, 0.2) is 0 Å². The largest absolute Gasteiger partial charge is 0.465 e. The average molecular weight is 221 g/mol. The fourth-order valence-corrected chi connectivity index (χ4v) is 1.66. The molecule has 2 N–H and O–H groups in total. The van der Waals surface area contributed by atoms with Gasteiger partial charge in [-0.15, -0.1) is 0 Å². The standard InChI is InChI=1S/C13H19NO2/c1-9(2)7-12(14)10-5-4-6-11(8-10)13(15)16-3/h4-6,8-9,12H,7,14H2,1-3H3/t12-/m1/s1. The quantitative estimate of drug-likeness (QED) is 0.795. The lowest BCUT2D eigenvalue weighted by molar-refractivity contribution is 0.0600. The van der Waals surface area contributed by atoms with Gasteiger partial charge in [-0.3, -0.25) is 0 Å². The van der Waals surface area contributed by atoms with Crippen LogP contribution in [0.3, 0.4) is 0 Å². The molecular formula is C13H19NO2. The van der Waals surface area contributed by atoms with E-state index in [-0.39, 0.29) is 12.0 Å². The second kappa shape index (κ2) is 5.66. The minimum Gasteiger partial charge on any atom is -0.465 e. The second-order valence-corrected chi connectivity index (χ2v) is 4.35. The highest BCUT2D eigenvalue weighted by Gasteiger charge is 2.11. The summed E-state index contributed by atoms with van der Waals surface area (Å²) in [6.07, 6.45) is 0.907. The number of esters is 1. The first-order valence-electron chi connectivity index (χ1n) is 5.48. The van der Waals surface area contributed by atoms with E-state index in [4.69, 9.17) is 5.73 Å². The van der Waals surface area contributed by atoms with Gasteiger partial charge in [-0.25, -0.2) is 4.79 Å². The molecule has 1 aromatic rings. The Labute approximate surface area is 96.6 Å². The van der Waals surface area contributed by atoms with Crippen molar-refractivity contribution in [3.8, 4) is 0 Å². The Bertz CT molecular complexity index is 361. The maximum atomic E-state index is 11.3. The highest BCUT2D eigenvalue weighted by atomic mass is 16.5. The Morgan fingerprint density at radius 2 is 2.12 bits per heavy atom. The van der Waals surface area contributed by atoms with Gasteiger partial charge in [0.1, 0.15) is 0 Å². The van der Waals surface area contributed by atoms with Crippen molar-refractivity contribution in [2.45, 2.75) is 26.3 Å². The number of benzene rings is 1. The molecule has 0 saturated heterocycles. The molecule has 88 valence electrons. The molecule has 16 heavy (non-hydrogen) atoms. The number of hydrogen-bond donors (Lipinski definition) is 1. The number of methoxy groups -OCH3 is 1. The van der Waals surface area contributed by atoms with Crippen molar-refractivity contribution >= 4 is 5.97 Å². The Morgan fingerprint density at radius 3 is 2.69 bits per heavy atom. The van der Waals surface area contributed by atoms with Crippen LogP contribution >= 0.6 is 0 Å². The molecule has 0 saturated carbocycles. The SMILES string of the molecule is COC(=O)c1cccc([C@H](N)CC(C)C)c1. The van der Waals surface area contributed by atoms with Crippen LogP contribution in [0.4, 0.5) is 0 Å². The lowest BCUT2D eigenvalue weighted by atomic mass is 9.96. The minimum absolute atomic E-state index is 0.0235. The average Bonchev–Trinajstić information content (AvgIpc) is 2.27. The van der Waals surface area contributed by atoms with Gasteiger partial charge >= 0.3 is 5.97 Å². The molecule has 3 nitrogen and oxygen atoms in total. The molecule has 0 bridgehead atoms. The molecule has 0 heterocycles. The number of rotatable bonds is 4. The molecule has 1 aromatic carbocycles. The van der Waals surface area contributed by atoms with Crippen molar-refractivity contribution in [1.29, 1.82) is 0 Å². The Hall–Kier alpha value is -1.35. The summed E-state index contributed by atoms with van der Waals surface area (Å²) in [5.74, 6) is 0.218. The van der Waals surface area contributed by atoms with Crippen LogP contribution in [-0.4, -0.2) is 13.1 Å². The highest BCUT2D eigenvalue weighted by Crippen LogP contribution is 2.19. The van der Waals surface area contributed by atoms with E-state index in [0.29, 0.717) is 11.5 Å². The van der Waals surface area contributed by atoms with Gasteiger partial charge in [0.25, 0.3) is 0 Å². The fraction of sp³-hybridized carbons (Fsp3) is 0.462. The molecule has 1 rings (SSSR count). The predicted octanol–water partition coefficient (Wildman–Crippen LogP) is 2.52. The van der Waals surface area contributed by atoms with Crippen molar-refractivity contribution in [1.82, 2.24) is 0 Å². The fourth-order valence-electron chi connectivity index (χ4n) is 1.66. The van der Waals surface area contributed by atoms with Crippen LogP contribution in [0.2, 0.25) is 0 Å². The molecular weight excluding hydrogens is 202 g/mol. The van der Waals surface area contributed by atoms with E-state index in [1.165, 1.54) is 7.11 Å². The summed E-state index contributed by atoms with van der Waals surface area (Å²) in [5, 5.41) is 0. The second-order valence-electron chi connectivity index (χ2n) is 4.35. The van der Waals surface area contributed by atoms with Crippen LogP contribution < -0.4 is 5.73 Å². The van der Waals surface area contributed by atoms with E-state index in [9.17, 15) is 4.79 Å². The number of carbonyl (C=O) groups is 1. The molecule has 0 aliphatic carbocycles. The molecule has 0 spiro atoms. The number of nitrogens with two attached hydrogens (primary N) is 1. The van der Waals surface area contributed by atoms with Crippen LogP contribution in [0, 0.1) is 5.92 Å². The van der Waals surface area contributed by atoms with E-state index in [1.54, 1.807) is 12.1 Å². The number of carbonyl (C=O) groups excluding carboxylic acids is 1. The summed E-state index contributed by atoms with van der Waals surface area (Å²) >= 11 is 0. The van der Waals surface area contributed by atoms with Gasteiger partial charge in [-0.2, -0.15) is 0 Å². The molecule has 3 heteroatoms. The van der Waals surface area contributed by atoms with Gasteiger partial charge in [0.2, 0.25) is 0 Å². The summed E-state index contributed by atoms with van der Waals surface area (Å²) in [6, 6.07) is 7.29. The molecule has 0 aliphatic rings. The molecule has 0 aliphatic heterocycles. The maximum Gasteiger partial charge on any atom is 0.337 e. The van der Waals surface area contributed by atoms with E-state index < -0.39 is 0 Å². The zero-order valence-electron chi connectivity index (χ0n) is 10.1. The Kier molecular flexibility index (Phi) is 4.50. The Balaban J connectivity index is 2.85. The summed E-state index contributed by atoms with van der Waals surface area (Å²) in [4.78, 5) is 11.3. The maximum absolute atomic E-state index is 11.3. The van der Waals surface area contributed by atoms with Crippen LogP contribution in [0.15, 0.2) is 24.3 Å². The zero-order chi connectivity index (χ0) is 12.1. The number of ether oxygens (including phenoxy) is 1. The van der Waals surface area contributed by atoms with Crippen molar-refractivity contribution < 1.29 is 9.53 Å². The van der Waals surface area contributed by atoms with Crippen LogP contribution in [0.25, 0.3) is 0 Å². The summed E-state index contributed by atoms with van der Waals surface area (Å²) < 4.78 is 4.67. The van der Waals surface area contributed by atoms with E-state index in [2.05, 4.69) is 18.6 Å². The summed E-state index contributed by atoms with van der Waals surface area (Å²) in [6.45, 7) is 4.26. The van der Waals surface area contributed by atoms with Crippen LogP contribution in [0.5, 0.6) is 0 Å². The molecule has 0 fully saturated rings. The molecule has 0 unspecified atom stereocenters. The minimum atomic E-state index is -0.321. The van der Waals surface area contributed by atoms with Gasteiger partial charge in [0.05, 0.1) is 12.7 Å². The number of hydrogen-bond acceptors (Lipinski definition) is 3. The third kappa shape index (κ3) is 3.35. The van der Waals surface area contributed by atoms with Crippen molar-refractivity contribution in [2.75, 3.05) is 7.11 Å². The van der Waals surface area contributed by atoms with E-state index in [0.717, 1.165) is 12.0 Å². The van der Waals surface area contributed by atoms with Crippen LogP contribution in [0.1, 0.15) is 42.2 Å². The third-order valence-corrected chi connectivity index (χ3v) is 2.46. The van der Waals surface area contributed by atoms with Gasteiger partial charge in [0, 0.05) is 6.04 Å². The molecule has 0 radical (unpaired) electrons. The van der Waals surface area contributed by atoms with Gasteiger partial charge in [-0.1, -0.05) is 26.0 Å². The summed E-state index contributed by atoms with van der Waals surface area (Å²) in [5.41, 5.74) is 7.59. The smallest absolute Gasteiger partial charge is 0.337 e. The lowest BCUT2D eigenvalue weighted by Crippen LogP contribution is -2.13. The van der Waals surface area contributed by atoms with Gasteiger partial charge in [-0.05, 0) is 30.0 Å². The van der Waals surface area contributed by atoms with Crippen molar-refractivity contribution in [3.63, 3.8) is 0 Å². The first-order valence-corrected chi connectivity index (χ1v) is 5.48. The zero-order valence-corrected chi connectivity index (χ0v) is 10.1. The van der Waals surface area contributed by atoms with E-state index in [1.807, 2.05) is 12.1 Å². The molecule has 0 aromatic heterocycles. The topological polar surface area (TPSA) is 52.3 Å². The van der Waals surface area contributed by atoms with Gasteiger partial charge < -0.3 is 10.5 Å². The molecule has 1 atom stereocenters. The first-order chi connectivity index (χ1) is 7.54. The van der Waals surface area contributed by atoms with Crippen molar-refractivity contribution in [3.05, 3.63) is 35.4 Å². The predicted molar refractivity (Wildman–Crippen MR) is 64.2 cm³/mol. The summed E-state index contributed by atoms with van der Waals surface area (Å²) in [7, 11) is 1.38. The monoisotopic (exact) mass is 221 g/mol. The normalized spacial score (nSPS) is 12.6. The highest BCUT2D eigenvalue weighted by molar-refractivity contribution is 5.89.